The summed E-state index contributed by atoms with van der Waals surface area (Å²) in [7, 11) is 1.86. The summed E-state index contributed by atoms with van der Waals surface area (Å²) < 4.78 is 5.13. The van der Waals surface area contributed by atoms with Crippen LogP contribution in [0.5, 0.6) is 0 Å². The maximum absolute atomic E-state index is 12.2. The summed E-state index contributed by atoms with van der Waals surface area (Å²) in [5.41, 5.74) is 3.11. The normalized spacial score (nSPS) is 10.7. The van der Waals surface area contributed by atoms with E-state index >= 15 is 0 Å². The Morgan fingerprint density at radius 2 is 1.88 bits per heavy atom. The summed E-state index contributed by atoms with van der Waals surface area (Å²) in [6.45, 7) is 5.99. The van der Waals surface area contributed by atoms with Crippen molar-refractivity contribution in [1.29, 1.82) is 0 Å². The first-order valence-corrected chi connectivity index (χ1v) is 7.63. The number of nitrogens with zero attached hydrogens (tertiary/aromatic N) is 2. The molecule has 2 N–H and O–H groups in total. The first kappa shape index (κ1) is 17.7. The van der Waals surface area contributed by atoms with Gasteiger partial charge >= 0.3 is 0 Å². The molecule has 1 aromatic carbocycles. The Bertz CT molecular complexity index is 720. The van der Waals surface area contributed by atoms with Crippen molar-refractivity contribution in [1.82, 2.24) is 10.1 Å². The van der Waals surface area contributed by atoms with Gasteiger partial charge in [0.05, 0.1) is 12.2 Å². The molecular weight excluding hydrogens is 308 g/mol. The van der Waals surface area contributed by atoms with Crippen LogP contribution in [0.25, 0.3) is 0 Å². The number of carbonyl (C=O) groups excluding carboxylic acids is 2. The highest BCUT2D eigenvalue weighted by atomic mass is 16.5. The maximum atomic E-state index is 12.2. The van der Waals surface area contributed by atoms with Gasteiger partial charge in [-0.25, -0.2) is 0 Å². The second-order valence-electron chi connectivity index (χ2n) is 5.79. The Morgan fingerprint density at radius 1 is 1.21 bits per heavy atom. The zero-order valence-corrected chi connectivity index (χ0v) is 14.3. The van der Waals surface area contributed by atoms with Gasteiger partial charge in [0.1, 0.15) is 5.76 Å². The molecule has 1 aromatic heterocycles. The third-order valence-corrected chi connectivity index (χ3v) is 3.49. The van der Waals surface area contributed by atoms with Gasteiger partial charge in [-0.2, -0.15) is 0 Å². The van der Waals surface area contributed by atoms with Crippen molar-refractivity contribution in [3.63, 3.8) is 0 Å². The molecule has 0 saturated carbocycles. The molecule has 0 atom stereocenters. The van der Waals surface area contributed by atoms with Crippen LogP contribution >= 0.6 is 0 Å². The Hall–Kier alpha value is -2.67. The lowest BCUT2D eigenvalue weighted by molar-refractivity contribution is -0.117. The van der Waals surface area contributed by atoms with Gasteiger partial charge in [0, 0.05) is 30.4 Å². The topological polar surface area (TPSA) is 87.5 Å². The Morgan fingerprint density at radius 3 is 2.46 bits per heavy atom. The van der Waals surface area contributed by atoms with Crippen molar-refractivity contribution in [2.24, 2.45) is 0 Å². The summed E-state index contributed by atoms with van der Waals surface area (Å²) >= 11 is 0. The molecule has 7 heteroatoms. The minimum Gasteiger partial charge on any atom is -0.361 e. The molecule has 0 spiro atoms. The summed E-state index contributed by atoms with van der Waals surface area (Å²) in [6.07, 6.45) is 0. The van der Waals surface area contributed by atoms with Crippen LogP contribution < -0.4 is 10.6 Å². The predicted molar refractivity (Wildman–Crippen MR) is 91.7 cm³/mol. The number of rotatable bonds is 6. The largest absolute Gasteiger partial charge is 0.361 e. The van der Waals surface area contributed by atoms with E-state index in [0.29, 0.717) is 17.9 Å². The van der Waals surface area contributed by atoms with Gasteiger partial charge < -0.3 is 15.2 Å². The lowest BCUT2D eigenvalue weighted by Gasteiger charge is -2.16. The predicted octanol–water partition coefficient (Wildman–Crippen LogP) is 2.32. The molecule has 2 amide bonds. The molecule has 0 unspecified atom stereocenters. The molecule has 0 bridgehead atoms. The minimum absolute atomic E-state index is 0.135. The average molecular weight is 330 g/mol. The van der Waals surface area contributed by atoms with E-state index in [0.717, 1.165) is 17.0 Å². The van der Waals surface area contributed by atoms with E-state index in [1.807, 2.05) is 25.8 Å². The Kier molecular flexibility index (Phi) is 5.70. The average Bonchev–Trinajstić information content (AvgIpc) is 2.78. The summed E-state index contributed by atoms with van der Waals surface area (Å²) in [5, 5.41) is 9.42. The summed E-state index contributed by atoms with van der Waals surface area (Å²) in [4.78, 5) is 25.1. The van der Waals surface area contributed by atoms with Crippen LogP contribution in [0.2, 0.25) is 0 Å². The van der Waals surface area contributed by atoms with E-state index in [1.54, 1.807) is 24.3 Å². The molecule has 1 heterocycles. The van der Waals surface area contributed by atoms with Gasteiger partial charge in [-0.3, -0.25) is 14.5 Å². The van der Waals surface area contributed by atoms with E-state index in [4.69, 9.17) is 4.52 Å². The van der Waals surface area contributed by atoms with Gasteiger partial charge in [0.15, 0.2) is 0 Å². The smallest absolute Gasteiger partial charge is 0.238 e. The first-order chi connectivity index (χ1) is 11.3. The lowest BCUT2D eigenvalue weighted by atomic mass is 10.2. The van der Waals surface area contributed by atoms with Gasteiger partial charge in [-0.15, -0.1) is 0 Å². The first-order valence-electron chi connectivity index (χ1n) is 7.63. The van der Waals surface area contributed by atoms with Crippen molar-refractivity contribution < 1.29 is 14.1 Å². The third kappa shape index (κ3) is 4.92. The van der Waals surface area contributed by atoms with Crippen LogP contribution in [0.15, 0.2) is 28.8 Å². The molecule has 2 rings (SSSR count). The summed E-state index contributed by atoms with van der Waals surface area (Å²) in [6, 6.07) is 7.03. The second kappa shape index (κ2) is 7.74. The molecule has 7 nitrogen and oxygen atoms in total. The van der Waals surface area contributed by atoms with Crippen LogP contribution in [0.1, 0.15) is 23.9 Å². The SMILES string of the molecule is CC(=O)Nc1cccc(NC(=O)CN(C)Cc2c(C)noc2C)c1. The van der Waals surface area contributed by atoms with Crippen molar-refractivity contribution in [3.8, 4) is 0 Å². The van der Waals surface area contributed by atoms with Gasteiger partial charge in [-0.05, 0) is 39.1 Å². The van der Waals surface area contributed by atoms with Gasteiger partial charge in [-0.1, -0.05) is 11.2 Å². The van der Waals surface area contributed by atoms with Crippen LogP contribution in [0.4, 0.5) is 11.4 Å². The minimum atomic E-state index is -0.155. The number of aromatic nitrogens is 1. The third-order valence-electron chi connectivity index (χ3n) is 3.49. The molecule has 0 saturated heterocycles. The van der Waals surface area contributed by atoms with Crippen LogP contribution in [0, 0.1) is 13.8 Å². The number of anilines is 2. The standard InChI is InChI=1S/C17H22N4O3/c1-11-16(12(2)24-20-11)9-21(4)10-17(23)19-15-7-5-6-14(8-15)18-13(3)22/h5-8H,9-10H2,1-4H3,(H,18,22)(H,19,23). The molecule has 24 heavy (non-hydrogen) atoms. The van der Waals surface area contributed by atoms with E-state index < -0.39 is 0 Å². The number of nitrogens with one attached hydrogen (secondary N) is 2. The highest BCUT2D eigenvalue weighted by Crippen LogP contribution is 2.16. The fourth-order valence-electron chi connectivity index (χ4n) is 2.38. The van der Waals surface area contributed by atoms with E-state index in [1.165, 1.54) is 6.92 Å². The number of hydrogen-bond donors (Lipinski definition) is 2. The lowest BCUT2D eigenvalue weighted by Crippen LogP contribution is -2.30. The van der Waals surface area contributed by atoms with Crippen molar-refractivity contribution in [3.05, 3.63) is 41.3 Å². The number of carbonyl (C=O) groups is 2. The number of aryl methyl sites for hydroxylation is 2. The number of hydrogen-bond acceptors (Lipinski definition) is 5. The quantitative estimate of drug-likeness (QED) is 0.849. The number of benzene rings is 1. The van der Waals surface area contributed by atoms with Crippen LogP contribution in [0.3, 0.4) is 0 Å². The van der Waals surface area contributed by atoms with Crippen molar-refractivity contribution in [2.75, 3.05) is 24.2 Å². The van der Waals surface area contributed by atoms with Gasteiger partial charge in [0.25, 0.3) is 0 Å². The molecule has 2 aromatic rings. The summed E-state index contributed by atoms with van der Waals surface area (Å²) in [5.74, 6) is 0.477. The molecular formula is C17H22N4O3. The van der Waals surface area contributed by atoms with Crippen molar-refractivity contribution in [2.45, 2.75) is 27.3 Å². The zero-order valence-electron chi connectivity index (χ0n) is 14.3. The molecule has 0 aliphatic carbocycles. The Balaban J connectivity index is 1.92. The molecule has 0 radical (unpaired) electrons. The highest BCUT2D eigenvalue weighted by Gasteiger charge is 2.14. The van der Waals surface area contributed by atoms with Crippen molar-refractivity contribution >= 4 is 23.2 Å². The fourth-order valence-corrected chi connectivity index (χ4v) is 2.38. The molecule has 0 aliphatic rings. The maximum Gasteiger partial charge on any atom is 0.238 e. The monoisotopic (exact) mass is 330 g/mol. The Labute approximate surface area is 141 Å². The number of likely N-dealkylation sites (N-methyl/N-ethyl adjacent to an activating group) is 1. The van der Waals surface area contributed by atoms with Gasteiger partial charge in [0.2, 0.25) is 11.8 Å². The molecule has 128 valence electrons. The van der Waals surface area contributed by atoms with E-state index in [9.17, 15) is 9.59 Å². The van der Waals surface area contributed by atoms with E-state index in [2.05, 4.69) is 15.8 Å². The van der Waals surface area contributed by atoms with Crippen LogP contribution in [-0.4, -0.2) is 35.5 Å². The highest BCUT2D eigenvalue weighted by molar-refractivity contribution is 5.94. The van der Waals surface area contributed by atoms with Crippen LogP contribution in [-0.2, 0) is 16.1 Å². The fraction of sp³-hybridized carbons (Fsp3) is 0.353. The molecule has 0 fully saturated rings. The second-order valence-corrected chi connectivity index (χ2v) is 5.79. The number of amides is 2. The van der Waals surface area contributed by atoms with E-state index in [-0.39, 0.29) is 18.4 Å². The molecule has 0 aliphatic heterocycles. The zero-order chi connectivity index (χ0) is 17.7.